The second-order valence-corrected chi connectivity index (χ2v) is 8.82. The van der Waals surface area contributed by atoms with Gasteiger partial charge >= 0.3 is 5.97 Å². The molecule has 30 heavy (non-hydrogen) atoms. The summed E-state index contributed by atoms with van der Waals surface area (Å²) in [7, 11) is 1.52. The van der Waals surface area contributed by atoms with Gasteiger partial charge in [0, 0.05) is 0 Å². The summed E-state index contributed by atoms with van der Waals surface area (Å²) in [6.07, 6.45) is 1.77. The molecule has 0 N–H and O–H groups in total. The van der Waals surface area contributed by atoms with Gasteiger partial charge in [-0.2, -0.15) is 0 Å². The van der Waals surface area contributed by atoms with Gasteiger partial charge in [-0.15, -0.1) is 0 Å². The first-order chi connectivity index (χ1) is 14.4. The summed E-state index contributed by atoms with van der Waals surface area (Å²) in [5, 5.41) is 0. The van der Waals surface area contributed by atoms with Gasteiger partial charge in [0.15, 0.2) is 22.4 Å². The molecule has 9 heteroatoms. The molecule has 2 aromatic rings. The molecule has 0 saturated carbocycles. The first-order valence-corrected chi connectivity index (χ1v) is 11.2. The SMILES string of the molecule is CCOC(=O)COc1c(I)cc(/C=C2/SC(=S)N(c3ccccc3)C2=O)cc1OC. The van der Waals surface area contributed by atoms with Crippen LogP contribution in [-0.4, -0.2) is 36.5 Å². The Morgan fingerprint density at radius 1 is 1.27 bits per heavy atom. The van der Waals surface area contributed by atoms with Gasteiger partial charge in [0.05, 0.1) is 27.9 Å². The van der Waals surface area contributed by atoms with Crippen molar-refractivity contribution in [2.45, 2.75) is 6.92 Å². The number of carbonyl (C=O) groups excluding carboxylic acids is 2. The molecule has 1 heterocycles. The summed E-state index contributed by atoms with van der Waals surface area (Å²) in [5.74, 6) is 0.271. The van der Waals surface area contributed by atoms with Crippen molar-refractivity contribution in [2.24, 2.45) is 0 Å². The molecule has 0 radical (unpaired) electrons. The minimum atomic E-state index is -0.455. The van der Waals surface area contributed by atoms with Crippen molar-refractivity contribution in [3.63, 3.8) is 0 Å². The summed E-state index contributed by atoms with van der Waals surface area (Å²) in [6.45, 7) is 1.81. The summed E-state index contributed by atoms with van der Waals surface area (Å²) in [4.78, 5) is 26.5. The molecule has 1 amide bonds. The maximum atomic E-state index is 12.9. The number of rotatable bonds is 7. The predicted octanol–water partition coefficient (Wildman–Crippen LogP) is 4.65. The minimum Gasteiger partial charge on any atom is -0.493 e. The maximum Gasteiger partial charge on any atom is 0.344 e. The monoisotopic (exact) mass is 555 g/mol. The maximum absolute atomic E-state index is 12.9. The van der Waals surface area contributed by atoms with E-state index < -0.39 is 5.97 Å². The molecule has 1 aliphatic heterocycles. The number of methoxy groups -OCH3 is 1. The van der Waals surface area contributed by atoms with Crippen LogP contribution >= 0.6 is 46.6 Å². The van der Waals surface area contributed by atoms with Crippen molar-refractivity contribution < 1.29 is 23.8 Å². The van der Waals surface area contributed by atoms with Gasteiger partial charge in [0.1, 0.15) is 0 Å². The fourth-order valence-corrected chi connectivity index (χ4v) is 4.80. The van der Waals surface area contributed by atoms with Gasteiger partial charge in [-0.25, -0.2) is 4.79 Å². The third-order valence-corrected chi connectivity index (χ3v) is 6.10. The van der Waals surface area contributed by atoms with E-state index in [0.29, 0.717) is 20.7 Å². The molecular weight excluding hydrogens is 537 g/mol. The number of carbonyl (C=O) groups is 2. The molecule has 0 atom stereocenters. The van der Waals surface area contributed by atoms with Crippen molar-refractivity contribution in [1.82, 2.24) is 0 Å². The normalized spacial score (nSPS) is 14.9. The number of ether oxygens (including phenoxy) is 3. The lowest BCUT2D eigenvalue weighted by Crippen LogP contribution is -2.27. The number of anilines is 1. The van der Waals surface area contributed by atoms with Crippen LogP contribution in [0.4, 0.5) is 5.69 Å². The lowest BCUT2D eigenvalue weighted by atomic mass is 10.1. The van der Waals surface area contributed by atoms with Crippen molar-refractivity contribution in [2.75, 3.05) is 25.2 Å². The van der Waals surface area contributed by atoms with E-state index in [9.17, 15) is 9.59 Å². The Kier molecular flexibility index (Phi) is 7.73. The Morgan fingerprint density at radius 3 is 2.67 bits per heavy atom. The Bertz CT molecular complexity index is 1010. The Balaban J connectivity index is 1.85. The molecule has 0 unspecified atom stereocenters. The summed E-state index contributed by atoms with van der Waals surface area (Å²) < 4.78 is 17.1. The zero-order valence-electron chi connectivity index (χ0n) is 16.2. The van der Waals surface area contributed by atoms with E-state index in [1.807, 2.05) is 36.4 Å². The fraction of sp³-hybridized carbons (Fsp3) is 0.190. The van der Waals surface area contributed by atoms with E-state index >= 15 is 0 Å². The molecule has 6 nitrogen and oxygen atoms in total. The molecular formula is C21H18INO5S2. The summed E-state index contributed by atoms with van der Waals surface area (Å²) >= 11 is 8.75. The van der Waals surface area contributed by atoms with Crippen LogP contribution in [0, 0.1) is 3.57 Å². The predicted molar refractivity (Wildman–Crippen MR) is 130 cm³/mol. The first kappa shape index (κ1) is 22.6. The van der Waals surface area contributed by atoms with Crippen LogP contribution < -0.4 is 14.4 Å². The first-order valence-electron chi connectivity index (χ1n) is 8.93. The molecule has 0 bridgehead atoms. The Hall–Kier alpha value is -2.11. The molecule has 0 spiro atoms. The molecule has 1 aliphatic rings. The number of hydrogen-bond acceptors (Lipinski definition) is 7. The molecule has 2 aromatic carbocycles. The number of halogens is 1. The lowest BCUT2D eigenvalue weighted by molar-refractivity contribution is -0.145. The van der Waals surface area contributed by atoms with E-state index in [2.05, 4.69) is 22.6 Å². The standard InChI is InChI=1S/C21H18INO5S2/c1-3-27-18(24)12-28-19-15(22)9-13(10-16(19)26-2)11-17-20(25)23(21(29)30-17)14-7-5-4-6-8-14/h4-11H,3,12H2,1-2H3/b17-11+. The van der Waals surface area contributed by atoms with Crippen LogP contribution in [0.5, 0.6) is 11.5 Å². The van der Waals surface area contributed by atoms with E-state index in [1.165, 1.54) is 23.8 Å². The molecule has 0 aliphatic carbocycles. The second-order valence-electron chi connectivity index (χ2n) is 5.98. The highest BCUT2D eigenvalue weighted by atomic mass is 127. The minimum absolute atomic E-state index is 0.173. The van der Waals surface area contributed by atoms with E-state index in [-0.39, 0.29) is 19.1 Å². The average molecular weight is 555 g/mol. The topological polar surface area (TPSA) is 65.1 Å². The number of amides is 1. The van der Waals surface area contributed by atoms with Crippen molar-refractivity contribution in [3.05, 3.63) is 56.5 Å². The molecule has 3 rings (SSSR count). The van der Waals surface area contributed by atoms with Crippen LogP contribution in [0.3, 0.4) is 0 Å². The Labute approximate surface area is 197 Å². The van der Waals surface area contributed by atoms with Gasteiger partial charge < -0.3 is 14.2 Å². The highest BCUT2D eigenvalue weighted by Crippen LogP contribution is 2.38. The number of thioether (sulfide) groups is 1. The Morgan fingerprint density at radius 2 is 2.00 bits per heavy atom. The van der Waals surface area contributed by atoms with Gasteiger partial charge in [0.2, 0.25) is 0 Å². The zero-order chi connectivity index (χ0) is 21.7. The van der Waals surface area contributed by atoms with Crippen molar-refractivity contribution in [1.29, 1.82) is 0 Å². The highest BCUT2D eigenvalue weighted by molar-refractivity contribution is 14.1. The summed E-state index contributed by atoms with van der Waals surface area (Å²) in [6, 6.07) is 12.9. The van der Waals surface area contributed by atoms with Crippen LogP contribution in [0.2, 0.25) is 0 Å². The number of para-hydroxylation sites is 1. The molecule has 1 fully saturated rings. The van der Waals surface area contributed by atoms with Crippen LogP contribution in [-0.2, 0) is 14.3 Å². The number of benzene rings is 2. The highest BCUT2D eigenvalue weighted by Gasteiger charge is 2.33. The fourth-order valence-electron chi connectivity index (χ4n) is 2.72. The molecule has 156 valence electrons. The number of thiocarbonyl (C=S) groups is 1. The van der Waals surface area contributed by atoms with E-state index in [1.54, 1.807) is 19.1 Å². The third kappa shape index (κ3) is 5.13. The third-order valence-electron chi connectivity index (χ3n) is 4.00. The summed E-state index contributed by atoms with van der Waals surface area (Å²) in [5.41, 5.74) is 1.49. The van der Waals surface area contributed by atoms with Gasteiger partial charge in [-0.05, 0) is 65.4 Å². The van der Waals surface area contributed by atoms with E-state index in [4.69, 9.17) is 26.4 Å². The van der Waals surface area contributed by atoms with Crippen LogP contribution in [0.1, 0.15) is 12.5 Å². The molecule has 0 aromatic heterocycles. The van der Waals surface area contributed by atoms with Gasteiger partial charge in [0.25, 0.3) is 5.91 Å². The van der Waals surface area contributed by atoms with Crippen molar-refractivity contribution in [3.8, 4) is 11.5 Å². The van der Waals surface area contributed by atoms with E-state index in [0.717, 1.165) is 14.8 Å². The van der Waals surface area contributed by atoms with Gasteiger partial charge in [-0.1, -0.05) is 42.2 Å². The van der Waals surface area contributed by atoms with Gasteiger partial charge in [-0.3, -0.25) is 9.69 Å². The smallest absolute Gasteiger partial charge is 0.344 e. The largest absolute Gasteiger partial charge is 0.493 e. The van der Waals surface area contributed by atoms with Crippen LogP contribution in [0.25, 0.3) is 6.08 Å². The van der Waals surface area contributed by atoms with Crippen molar-refractivity contribution >= 4 is 74.5 Å². The quantitative estimate of drug-likeness (QED) is 0.213. The number of hydrogen-bond donors (Lipinski definition) is 0. The molecule has 1 saturated heterocycles. The second kappa shape index (κ2) is 10.3. The average Bonchev–Trinajstić information content (AvgIpc) is 3.00. The zero-order valence-corrected chi connectivity index (χ0v) is 20.0. The van der Waals surface area contributed by atoms with Crippen LogP contribution in [0.15, 0.2) is 47.4 Å². The lowest BCUT2D eigenvalue weighted by Gasteiger charge is -2.14. The number of esters is 1. The number of nitrogens with zero attached hydrogens (tertiary/aromatic N) is 1.